The van der Waals surface area contributed by atoms with E-state index >= 15 is 0 Å². The maximum absolute atomic E-state index is 13.0. The summed E-state index contributed by atoms with van der Waals surface area (Å²) in [5.41, 5.74) is 1.07. The number of hydrogen-bond acceptors (Lipinski definition) is 3. The zero-order valence-corrected chi connectivity index (χ0v) is 14.6. The third kappa shape index (κ3) is 3.69. The third-order valence-corrected chi connectivity index (χ3v) is 5.15. The second kappa shape index (κ2) is 7.47. The maximum atomic E-state index is 13.0. The van der Waals surface area contributed by atoms with Crippen LogP contribution in [0.1, 0.15) is 45.1 Å². The van der Waals surface area contributed by atoms with Crippen LogP contribution in [0.4, 0.5) is 0 Å². The van der Waals surface area contributed by atoms with Crippen LogP contribution in [0, 0.1) is 11.8 Å². The minimum atomic E-state index is -0.461. The van der Waals surface area contributed by atoms with Crippen LogP contribution in [0.2, 0.25) is 0 Å². The molecule has 1 aromatic carbocycles. The van der Waals surface area contributed by atoms with Crippen LogP contribution in [0.15, 0.2) is 30.3 Å². The first-order valence-electron chi connectivity index (χ1n) is 9.05. The number of rotatable bonds is 6. The second-order valence-corrected chi connectivity index (χ2v) is 7.45. The summed E-state index contributed by atoms with van der Waals surface area (Å²) >= 11 is 0. The van der Waals surface area contributed by atoms with Crippen molar-refractivity contribution in [2.24, 2.45) is 11.8 Å². The average Bonchev–Trinajstić information content (AvgIpc) is 3.15. The van der Waals surface area contributed by atoms with Crippen LogP contribution in [0.5, 0.6) is 0 Å². The highest BCUT2D eigenvalue weighted by Gasteiger charge is 2.46. The highest BCUT2D eigenvalue weighted by molar-refractivity contribution is 5.93. The van der Waals surface area contributed by atoms with Crippen LogP contribution >= 0.6 is 0 Å². The Bertz CT molecular complexity index is 584. The fraction of sp³-hybridized carbons (Fsp3) is 0.600. The molecular weight excluding hydrogens is 302 g/mol. The number of amides is 1. The Morgan fingerprint density at radius 3 is 2.71 bits per heavy atom. The van der Waals surface area contributed by atoms with Crippen molar-refractivity contribution in [3.8, 4) is 0 Å². The lowest BCUT2D eigenvalue weighted by Gasteiger charge is -2.28. The molecule has 2 aliphatic rings. The van der Waals surface area contributed by atoms with E-state index in [4.69, 9.17) is 4.74 Å². The van der Waals surface area contributed by atoms with E-state index < -0.39 is 6.10 Å². The predicted octanol–water partition coefficient (Wildman–Crippen LogP) is 3.20. The number of nitrogens with zero attached hydrogens (tertiary/aromatic N) is 1. The van der Waals surface area contributed by atoms with E-state index in [0.717, 1.165) is 18.4 Å². The molecule has 4 nitrogen and oxygen atoms in total. The van der Waals surface area contributed by atoms with Gasteiger partial charge in [0.15, 0.2) is 5.78 Å². The largest absolute Gasteiger partial charge is 0.364 e. The molecule has 1 amide bonds. The zero-order chi connectivity index (χ0) is 17.1. The van der Waals surface area contributed by atoms with Crippen LogP contribution in [-0.4, -0.2) is 35.3 Å². The second-order valence-electron chi connectivity index (χ2n) is 7.45. The lowest BCUT2D eigenvalue weighted by Crippen LogP contribution is -2.46. The lowest BCUT2D eigenvalue weighted by atomic mass is 10.0. The first-order valence-corrected chi connectivity index (χ1v) is 9.05. The molecule has 0 radical (unpaired) electrons. The molecule has 1 saturated heterocycles. The smallest absolute Gasteiger partial charge is 0.252 e. The number of ketones is 1. The first kappa shape index (κ1) is 17.2. The van der Waals surface area contributed by atoms with Gasteiger partial charge in [-0.15, -0.1) is 0 Å². The fourth-order valence-corrected chi connectivity index (χ4v) is 3.94. The SMILES string of the molecule is CC(C)C[C@H](OCc1ccccc1)C(=O)N1CC[C@H]2CCC(=O)[C@H]21. The van der Waals surface area contributed by atoms with Crippen molar-refractivity contribution in [3.63, 3.8) is 0 Å². The van der Waals surface area contributed by atoms with E-state index in [1.807, 2.05) is 30.3 Å². The Morgan fingerprint density at radius 1 is 1.25 bits per heavy atom. The molecule has 1 aromatic rings. The monoisotopic (exact) mass is 329 g/mol. The van der Waals surface area contributed by atoms with Crippen molar-refractivity contribution < 1.29 is 14.3 Å². The Hall–Kier alpha value is -1.68. The summed E-state index contributed by atoms with van der Waals surface area (Å²) in [6.07, 6.45) is 2.74. The van der Waals surface area contributed by atoms with Gasteiger partial charge in [-0.2, -0.15) is 0 Å². The van der Waals surface area contributed by atoms with Gasteiger partial charge < -0.3 is 9.64 Å². The maximum Gasteiger partial charge on any atom is 0.252 e. The summed E-state index contributed by atoms with van der Waals surface area (Å²) in [5, 5.41) is 0. The molecule has 0 spiro atoms. The number of carbonyl (C=O) groups is 2. The number of likely N-dealkylation sites (tertiary alicyclic amines) is 1. The highest BCUT2D eigenvalue weighted by atomic mass is 16.5. The quantitative estimate of drug-likeness (QED) is 0.805. The van der Waals surface area contributed by atoms with E-state index in [1.54, 1.807) is 4.90 Å². The van der Waals surface area contributed by atoms with Gasteiger partial charge in [-0.05, 0) is 36.7 Å². The molecule has 0 aromatic heterocycles. The number of Topliss-reactive ketones (excluding diaryl/α,β-unsaturated/α-hetero) is 1. The van der Waals surface area contributed by atoms with Gasteiger partial charge in [0.05, 0.1) is 12.6 Å². The summed E-state index contributed by atoms with van der Waals surface area (Å²) < 4.78 is 5.99. The van der Waals surface area contributed by atoms with Crippen molar-refractivity contribution in [1.29, 1.82) is 0 Å². The Morgan fingerprint density at radius 2 is 2.00 bits per heavy atom. The van der Waals surface area contributed by atoms with Crippen molar-refractivity contribution in [2.45, 2.75) is 58.3 Å². The molecule has 24 heavy (non-hydrogen) atoms. The number of benzene rings is 1. The molecule has 2 fully saturated rings. The van der Waals surface area contributed by atoms with Crippen molar-refractivity contribution in [3.05, 3.63) is 35.9 Å². The van der Waals surface area contributed by atoms with Gasteiger partial charge in [0.2, 0.25) is 0 Å². The summed E-state index contributed by atoms with van der Waals surface area (Å²) in [5.74, 6) is 0.974. The van der Waals surface area contributed by atoms with Gasteiger partial charge in [-0.25, -0.2) is 0 Å². The van der Waals surface area contributed by atoms with Crippen molar-refractivity contribution in [1.82, 2.24) is 4.90 Å². The minimum Gasteiger partial charge on any atom is -0.364 e. The van der Waals surface area contributed by atoms with Crippen LogP contribution in [0.3, 0.4) is 0 Å². The highest BCUT2D eigenvalue weighted by Crippen LogP contribution is 2.36. The molecule has 0 N–H and O–H groups in total. The van der Waals surface area contributed by atoms with Gasteiger partial charge in [0, 0.05) is 13.0 Å². The van der Waals surface area contributed by atoms with E-state index in [0.29, 0.717) is 37.8 Å². The minimum absolute atomic E-state index is 0.00220. The fourth-order valence-electron chi connectivity index (χ4n) is 3.94. The standard InChI is InChI=1S/C20H27NO3/c1-14(2)12-18(24-13-15-6-4-3-5-7-15)20(23)21-11-10-16-8-9-17(22)19(16)21/h3-7,14,16,18-19H,8-13H2,1-2H3/t16-,18+,19+/m1/s1. The predicted molar refractivity (Wildman–Crippen MR) is 92.3 cm³/mol. The Labute approximate surface area is 144 Å². The topological polar surface area (TPSA) is 46.6 Å². The molecule has 0 unspecified atom stereocenters. The van der Waals surface area contributed by atoms with Crippen LogP contribution in [0.25, 0.3) is 0 Å². The van der Waals surface area contributed by atoms with Gasteiger partial charge in [-0.3, -0.25) is 9.59 Å². The number of carbonyl (C=O) groups excluding carboxylic acids is 2. The van der Waals surface area contributed by atoms with Crippen LogP contribution < -0.4 is 0 Å². The van der Waals surface area contributed by atoms with Gasteiger partial charge in [0.25, 0.3) is 5.91 Å². The number of fused-ring (bicyclic) bond motifs is 1. The summed E-state index contributed by atoms with van der Waals surface area (Å²) in [4.78, 5) is 27.0. The molecule has 0 bridgehead atoms. The molecule has 130 valence electrons. The normalized spacial score (nSPS) is 24.5. The zero-order valence-electron chi connectivity index (χ0n) is 14.6. The molecule has 1 aliphatic heterocycles. The Balaban J connectivity index is 1.68. The molecular formula is C20H27NO3. The van der Waals surface area contributed by atoms with Gasteiger partial charge in [0.1, 0.15) is 6.10 Å². The van der Waals surface area contributed by atoms with Crippen molar-refractivity contribution in [2.75, 3.05) is 6.54 Å². The van der Waals surface area contributed by atoms with Crippen molar-refractivity contribution >= 4 is 11.7 Å². The third-order valence-electron chi connectivity index (χ3n) is 5.15. The molecule has 4 heteroatoms. The van der Waals surface area contributed by atoms with E-state index in [2.05, 4.69) is 13.8 Å². The molecule has 1 aliphatic carbocycles. The summed E-state index contributed by atoms with van der Waals surface area (Å²) in [7, 11) is 0. The van der Waals surface area contributed by atoms with Gasteiger partial charge >= 0.3 is 0 Å². The van der Waals surface area contributed by atoms with E-state index in [-0.39, 0.29) is 17.7 Å². The van der Waals surface area contributed by atoms with E-state index in [1.165, 1.54) is 0 Å². The number of ether oxygens (including phenoxy) is 1. The van der Waals surface area contributed by atoms with E-state index in [9.17, 15) is 9.59 Å². The summed E-state index contributed by atoms with van der Waals surface area (Å²) in [6, 6.07) is 9.73. The molecule has 3 rings (SSSR count). The lowest BCUT2D eigenvalue weighted by molar-refractivity contribution is -0.149. The molecule has 3 atom stereocenters. The van der Waals surface area contributed by atoms with Gasteiger partial charge in [-0.1, -0.05) is 44.2 Å². The molecule has 1 heterocycles. The average molecular weight is 329 g/mol. The van der Waals surface area contributed by atoms with Crippen LogP contribution in [-0.2, 0) is 20.9 Å². The first-order chi connectivity index (χ1) is 11.6. The number of hydrogen-bond donors (Lipinski definition) is 0. The Kier molecular flexibility index (Phi) is 5.34. The summed E-state index contributed by atoms with van der Waals surface area (Å²) in [6.45, 7) is 5.32. The molecule has 1 saturated carbocycles.